The fourth-order valence-corrected chi connectivity index (χ4v) is 3.14. The van der Waals surface area contributed by atoms with Gasteiger partial charge in [0.1, 0.15) is 6.04 Å². The van der Waals surface area contributed by atoms with E-state index in [1.165, 1.54) is 25.1 Å². The van der Waals surface area contributed by atoms with E-state index in [1.54, 1.807) is 0 Å². The number of rotatable bonds is 7. The minimum Gasteiger partial charge on any atom is -0.454 e. The second kappa shape index (κ2) is 9.82. The molecule has 0 spiro atoms. The predicted octanol–water partition coefficient (Wildman–Crippen LogP) is 1.95. The lowest BCUT2D eigenvalue weighted by atomic mass is 9.86. The van der Waals surface area contributed by atoms with Gasteiger partial charge in [-0.15, -0.1) is 0 Å². The predicted molar refractivity (Wildman–Crippen MR) is 101 cm³/mol. The highest BCUT2D eigenvalue weighted by Gasteiger charge is 2.24. The van der Waals surface area contributed by atoms with Crippen LogP contribution in [-0.2, 0) is 14.3 Å². The molecule has 0 aromatic heterocycles. The van der Waals surface area contributed by atoms with E-state index in [0.29, 0.717) is 5.92 Å². The van der Waals surface area contributed by atoms with Crippen LogP contribution in [0.3, 0.4) is 0 Å². The number of non-ortho nitro benzene ring substituents is 1. The first-order valence-corrected chi connectivity index (χ1v) is 9.29. The summed E-state index contributed by atoms with van der Waals surface area (Å²) in [6.07, 6.45) is 4.20. The van der Waals surface area contributed by atoms with Crippen molar-refractivity contribution in [3.63, 3.8) is 0 Å². The molecule has 2 unspecified atom stereocenters. The summed E-state index contributed by atoms with van der Waals surface area (Å²) >= 11 is 0. The van der Waals surface area contributed by atoms with E-state index in [2.05, 4.69) is 17.6 Å². The second-order valence-electron chi connectivity index (χ2n) is 7.05. The lowest BCUT2D eigenvalue weighted by Crippen LogP contribution is -2.44. The van der Waals surface area contributed by atoms with Gasteiger partial charge in [-0.05, 0) is 31.7 Å². The number of nitro groups is 1. The maximum atomic E-state index is 12.2. The molecule has 1 saturated carbocycles. The number of ether oxygens (including phenoxy) is 1. The molecule has 1 aromatic carbocycles. The maximum absolute atomic E-state index is 12.2. The number of amides is 2. The van der Waals surface area contributed by atoms with Crippen LogP contribution < -0.4 is 10.6 Å². The molecule has 9 heteroatoms. The second-order valence-corrected chi connectivity index (χ2v) is 7.05. The fourth-order valence-electron chi connectivity index (χ4n) is 3.14. The summed E-state index contributed by atoms with van der Waals surface area (Å²) in [4.78, 5) is 46.3. The third-order valence-electron chi connectivity index (χ3n) is 4.82. The van der Waals surface area contributed by atoms with Crippen LogP contribution in [0.1, 0.15) is 49.9 Å². The van der Waals surface area contributed by atoms with Crippen molar-refractivity contribution in [1.82, 2.24) is 10.6 Å². The number of esters is 1. The van der Waals surface area contributed by atoms with Gasteiger partial charge in [0.15, 0.2) is 6.61 Å². The number of carbonyl (C=O) groups excluding carboxylic acids is 3. The largest absolute Gasteiger partial charge is 0.454 e. The van der Waals surface area contributed by atoms with Crippen LogP contribution in [0.4, 0.5) is 5.69 Å². The Hall–Kier alpha value is -2.97. The number of nitrogens with one attached hydrogen (secondary N) is 2. The number of nitro benzene ring substituents is 1. The molecule has 2 rings (SSSR count). The normalized spacial score (nSPS) is 19.9. The third-order valence-corrected chi connectivity index (χ3v) is 4.82. The van der Waals surface area contributed by atoms with Crippen molar-refractivity contribution in [2.24, 2.45) is 5.92 Å². The van der Waals surface area contributed by atoms with E-state index in [-0.39, 0.29) is 23.2 Å². The number of benzene rings is 1. The summed E-state index contributed by atoms with van der Waals surface area (Å²) in [5.41, 5.74) is -0.172. The van der Waals surface area contributed by atoms with Gasteiger partial charge in [0, 0.05) is 23.7 Å². The molecule has 9 nitrogen and oxygen atoms in total. The highest BCUT2D eigenvalue weighted by Crippen LogP contribution is 2.23. The summed E-state index contributed by atoms with van der Waals surface area (Å²) in [7, 11) is 0. The first kappa shape index (κ1) is 21.3. The quantitative estimate of drug-likeness (QED) is 0.415. The monoisotopic (exact) mass is 391 g/mol. The highest BCUT2D eigenvalue weighted by molar-refractivity contribution is 5.97. The average Bonchev–Trinajstić information content (AvgIpc) is 2.67. The molecule has 0 bridgehead atoms. The highest BCUT2D eigenvalue weighted by atomic mass is 16.6. The van der Waals surface area contributed by atoms with Crippen molar-refractivity contribution in [3.8, 4) is 0 Å². The molecule has 2 N–H and O–H groups in total. The minimum absolute atomic E-state index is 0.0536. The summed E-state index contributed by atoms with van der Waals surface area (Å²) in [6.45, 7) is 3.08. The van der Waals surface area contributed by atoms with E-state index in [9.17, 15) is 24.5 Å². The van der Waals surface area contributed by atoms with Crippen LogP contribution in [0.5, 0.6) is 0 Å². The van der Waals surface area contributed by atoms with Crippen LogP contribution in [0, 0.1) is 16.0 Å². The van der Waals surface area contributed by atoms with Gasteiger partial charge >= 0.3 is 5.97 Å². The summed E-state index contributed by atoms with van der Waals surface area (Å²) < 4.78 is 4.97. The SMILES string of the molecule is CC1CCCCC1NC(=O)COC(=O)[C@H](C)NC(=O)c1cccc([N+](=O)[O-])c1. The van der Waals surface area contributed by atoms with Crippen molar-refractivity contribution < 1.29 is 24.0 Å². The van der Waals surface area contributed by atoms with Crippen molar-refractivity contribution in [2.45, 2.75) is 51.6 Å². The molecule has 152 valence electrons. The fraction of sp³-hybridized carbons (Fsp3) is 0.526. The van der Waals surface area contributed by atoms with Crippen molar-refractivity contribution in [1.29, 1.82) is 0 Å². The standard InChI is InChI=1S/C19H25N3O6/c1-12-6-3-4-9-16(12)21-17(23)11-28-19(25)13(2)20-18(24)14-7-5-8-15(10-14)22(26)27/h5,7-8,10,12-13,16H,3-4,6,9,11H2,1-2H3,(H,20,24)(H,21,23)/t12?,13-,16?/m0/s1. The van der Waals surface area contributed by atoms with Gasteiger partial charge in [-0.25, -0.2) is 4.79 Å². The van der Waals surface area contributed by atoms with E-state index in [0.717, 1.165) is 31.7 Å². The molecule has 1 aliphatic carbocycles. The van der Waals surface area contributed by atoms with Crippen LogP contribution in [0.2, 0.25) is 0 Å². The smallest absolute Gasteiger partial charge is 0.328 e. The van der Waals surface area contributed by atoms with Gasteiger partial charge in [-0.3, -0.25) is 19.7 Å². The number of hydrogen-bond donors (Lipinski definition) is 2. The summed E-state index contributed by atoms with van der Waals surface area (Å²) in [5, 5.41) is 16.1. The lowest BCUT2D eigenvalue weighted by Gasteiger charge is -2.29. The topological polar surface area (TPSA) is 128 Å². The van der Waals surface area contributed by atoms with Gasteiger partial charge in [0.2, 0.25) is 0 Å². The molecule has 28 heavy (non-hydrogen) atoms. The molecule has 1 aliphatic rings. The molecule has 2 amide bonds. The first-order valence-electron chi connectivity index (χ1n) is 9.29. The van der Waals surface area contributed by atoms with Gasteiger partial charge in [-0.1, -0.05) is 25.8 Å². The minimum atomic E-state index is -1.01. The molecule has 1 aromatic rings. The third kappa shape index (κ3) is 6.04. The molecular formula is C19H25N3O6. The maximum Gasteiger partial charge on any atom is 0.328 e. The van der Waals surface area contributed by atoms with Crippen LogP contribution >= 0.6 is 0 Å². The molecule has 0 heterocycles. The zero-order chi connectivity index (χ0) is 20.7. The molecule has 0 saturated heterocycles. The molecular weight excluding hydrogens is 366 g/mol. The molecule has 1 fully saturated rings. The summed E-state index contributed by atoms with van der Waals surface area (Å²) in [5.74, 6) is -1.38. The van der Waals surface area contributed by atoms with Crippen molar-refractivity contribution in [2.75, 3.05) is 6.61 Å². The lowest BCUT2D eigenvalue weighted by molar-refractivity contribution is -0.384. The van der Waals surface area contributed by atoms with E-state index < -0.39 is 29.4 Å². The zero-order valence-corrected chi connectivity index (χ0v) is 16.0. The van der Waals surface area contributed by atoms with Crippen LogP contribution in [-0.4, -0.2) is 41.4 Å². The Bertz CT molecular complexity index is 751. The van der Waals surface area contributed by atoms with Crippen LogP contribution in [0.15, 0.2) is 24.3 Å². The van der Waals surface area contributed by atoms with Gasteiger partial charge in [0.05, 0.1) is 4.92 Å². The van der Waals surface area contributed by atoms with Crippen molar-refractivity contribution in [3.05, 3.63) is 39.9 Å². The van der Waals surface area contributed by atoms with E-state index >= 15 is 0 Å². The Morgan fingerprint density at radius 2 is 2.00 bits per heavy atom. The molecule has 0 aliphatic heterocycles. The summed E-state index contributed by atoms with van der Waals surface area (Å²) in [6, 6.07) is 4.25. The van der Waals surface area contributed by atoms with E-state index in [1.807, 2.05) is 0 Å². The average molecular weight is 391 g/mol. The Kier molecular flexibility index (Phi) is 7.48. The van der Waals surface area contributed by atoms with Crippen molar-refractivity contribution >= 4 is 23.5 Å². The number of hydrogen-bond acceptors (Lipinski definition) is 6. The zero-order valence-electron chi connectivity index (χ0n) is 16.0. The Morgan fingerprint density at radius 1 is 1.29 bits per heavy atom. The first-order chi connectivity index (χ1) is 13.3. The molecule has 3 atom stereocenters. The Morgan fingerprint density at radius 3 is 2.68 bits per heavy atom. The Labute approximate surface area is 163 Å². The number of nitrogens with zero attached hydrogens (tertiary/aromatic N) is 1. The van der Waals surface area contributed by atoms with Gasteiger partial charge in [0.25, 0.3) is 17.5 Å². The number of carbonyl (C=O) groups is 3. The van der Waals surface area contributed by atoms with E-state index in [4.69, 9.17) is 4.74 Å². The van der Waals surface area contributed by atoms with Gasteiger partial charge < -0.3 is 15.4 Å². The van der Waals surface area contributed by atoms with Crippen LogP contribution in [0.25, 0.3) is 0 Å². The molecule has 0 radical (unpaired) electrons. The Balaban J connectivity index is 1.80. The van der Waals surface area contributed by atoms with Gasteiger partial charge in [-0.2, -0.15) is 0 Å².